The van der Waals surface area contributed by atoms with E-state index in [9.17, 15) is 9.59 Å². The second-order valence-electron chi connectivity index (χ2n) is 4.18. The van der Waals surface area contributed by atoms with Gasteiger partial charge in [-0.2, -0.15) is 10.2 Å². The smallest absolute Gasteiger partial charge is 0.354 e. The molecule has 0 fully saturated rings. The van der Waals surface area contributed by atoms with E-state index in [1.807, 2.05) is 6.92 Å². The number of aryl methyl sites for hydroxylation is 1. The van der Waals surface area contributed by atoms with E-state index in [1.165, 1.54) is 24.1 Å². The summed E-state index contributed by atoms with van der Waals surface area (Å²) in [5.74, 6) is -1.77. The minimum absolute atomic E-state index is 0.0115. The Labute approximate surface area is 120 Å². The standard InChI is InChI=1S/C12H15N5O4/c1-3-21-7-17-6-8(4-14-17)15-11(18)9-5-13-16(2)10(9)12(19)20/h4-6H,3,7H2,1-2H3,(H,15,18)(H,19,20). The molecule has 2 aromatic rings. The number of carbonyl (C=O) groups is 2. The van der Waals surface area contributed by atoms with E-state index in [2.05, 4.69) is 15.5 Å². The maximum Gasteiger partial charge on any atom is 0.354 e. The largest absolute Gasteiger partial charge is 0.477 e. The summed E-state index contributed by atoms with van der Waals surface area (Å²) in [4.78, 5) is 23.2. The van der Waals surface area contributed by atoms with Crippen molar-refractivity contribution in [1.29, 1.82) is 0 Å². The van der Waals surface area contributed by atoms with E-state index in [4.69, 9.17) is 9.84 Å². The lowest BCUT2D eigenvalue weighted by atomic mass is 10.2. The van der Waals surface area contributed by atoms with Crippen molar-refractivity contribution >= 4 is 17.6 Å². The van der Waals surface area contributed by atoms with Gasteiger partial charge in [-0.1, -0.05) is 0 Å². The van der Waals surface area contributed by atoms with Gasteiger partial charge in [0.1, 0.15) is 6.73 Å². The van der Waals surface area contributed by atoms with Crippen molar-refractivity contribution in [2.45, 2.75) is 13.7 Å². The van der Waals surface area contributed by atoms with Crippen LogP contribution in [0.5, 0.6) is 0 Å². The maximum absolute atomic E-state index is 12.1. The summed E-state index contributed by atoms with van der Waals surface area (Å²) in [6.45, 7) is 2.70. The van der Waals surface area contributed by atoms with Crippen molar-refractivity contribution < 1.29 is 19.4 Å². The summed E-state index contributed by atoms with van der Waals surface area (Å²) < 4.78 is 7.82. The number of aromatic carboxylic acids is 1. The molecule has 2 aromatic heterocycles. The van der Waals surface area contributed by atoms with Crippen LogP contribution in [-0.2, 0) is 18.5 Å². The molecule has 112 valence electrons. The molecule has 21 heavy (non-hydrogen) atoms. The highest BCUT2D eigenvalue weighted by molar-refractivity contribution is 6.09. The molecule has 0 aliphatic rings. The molecule has 2 heterocycles. The number of aromatic nitrogens is 4. The molecule has 0 unspecified atom stereocenters. The number of hydrogen-bond acceptors (Lipinski definition) is 5. The molecule has 0 bridgehead atoms. The first-order valence-electron chi connectivity index (χ1n) is 6.19. The van der Waals surface area contributed by atoms with Crippen molar-refractivity contribution in [3.8, 4) is 0 Å². The van der Waals surface area contributed by atoms with Crippen LogP contribution in [-0.4, -0.2) is 43.2 Å². The predicted molar refractivity (Wildman–Crippen MR) is 72.0 cm³/mol. The summed E-state index contributed by atoms with van der Waals surface area (Å²) >= 11 is 0. The fourth-order valence-corrected chi connectivity index (χ4v) is 1.74. The Morgan fingerprint density at radius 1 is 1.38 bits per heavy atom. The van der Waals surface area contributed by atoms with E-state index in [1.54, 1.807) is 6.20 Å². The highest BCUT2D eigenvalue weighted by Gasteiger charge is 2.21. The second-order valence-corrected chi connectivity index (χ2v) is 4.18. The highest BCUT2D eigenvalue weighted by Crippen LogP contribution is 2.12. The third-order valence-corrected chi connectivity index (χ3v) is 2.70. The lowest BCUT2D eigenvalue weighted by molar-refractivity contribution is 0.0680. The van der Waals surface area contributed by atoms with Crippen molar-refractivity contribution in [1.82, 2.24) is 19.6 Å². The van der Waals surface area contributed by atoms with Crippen LogP contribution >= 0.6 is 0 Å². The van der Waals surface area contributed by atoms with Gasteiger partial charge in [0.05, 0.1) is 29.8 Å². The SMILES string of the molecule is CCOCn1cc(NC(=O)c2cnn(C)c2C(=O)O)cn1. The summed E-state index contributed by atoms with van der Waals surface area (Å²) in [6.07, 6.45) is 4.25. The lowest BCUT2D eigenvalue weighted by Crippen LogP contribution is -2.16. The molecule has 0 aromatic carbocycles. The molecule has 2 N–H and O–H groups in total. The molecule has 0 atom stereocenters. The number of nitrogens with one attached hydrogen (secondary N) is 1. The molecule has 2 rings (SSSR count). The first-order chi connectivity index (χ1) is 10.0. The van der Waals surface area contributed by atoms with Crippen LogP contribution in [0.3, 0.4) is 0 Å². The molecule has 0 saturated carbocycles. The van der Waals surface area contributed by atoms with Crippen LogP contribution in [0.2, 0.25) is 0 Å². The third kappa shape index (κ3) is 3.26. The molecule has 0 aliphatic carbocycles. The zero-order chi connectivity index (χ0) is 15.4. The third-order valence-electron chi connectivity index (χ3n) is 2.70. The molecular formula is C12H15N5O4. The fraction of sp³-hybridized carbons (Fsp3) is 0.333. The van der Waals surface area contributed by atoms with Gasteiger partial charge in [-0.3, -0.25) is 9.48 Å². The number of carboxylic acid groups (broad SMARTS) is 1. The highest BCUT2D eigenvalue weighted by atomic mass is 16.5. The van der Waals surface area contributed by atoms with Crippen LogP contribution in [0, 0.1) is 0 Å². The topological polar surface area (TPSA) is 111 Å². The number of hydrogen-bond donors (Lipinski definition) is 2. The van der Waals surface area contributed by atoms with Gasteiger partial charge in [-0.15, -0.1) is 0 Å². The fourth-order valence-electron chi connectivity index (χ4n) is 1.74. The Kier molecular flexibility index (Phi) is 4.33. The van der Waals surface area contributed by atoms with Crippen LogP contribution in [0.1, 0.15) is 27.8 Å². The summed E-state index contributed by atoms with van der Waals surface area (Å²) in [6, 6.07) is 0. The molecule has 0 aliphatic heterocycles. The van der Waals surface area contributed by atoms with Gasteiger partial charge in [-0.05, 0) is 6.92 Å². The number of carbonyl (C=O) groups excluding carboxylic acids is 1. The van der Waals surface area contributed by atoms with Crippen LogP contribution in [0.15, 0.2) is 18.6 Å². The first kappa shape index (κ1) is 14.7. The number of rotatable bonds is 6. The van der Waals surface area contributed by atoms with Crippen LogP contribution in [0.25, 0.3) is 0 Å². The molecule has 0 radical (unpaired) electrons. The van der Waals surface area contributed by atoms with Gasteiger partial charge in [0.25, 0.3) is 5.91 Å². The van der Waals surface area contributed by atoms with E-state index in [0.717, 1.165) is 4.68 Å². The number of anilines is 1. The Bertz CT molecular complexity index is 660. The second kappa shape index (κ2) is 6.18. The van der Waals surface area contributed by atoms with Gasteiger partial charge >= 0.3 is 5.97 Å². The molecule has 9 nitrogen and oxygen atoms in total. The van der Waals surface area contributed by atoms with Gasteiger partial charge < -0.3 is 15.2 Å². The van der Waals surface area contributed by atoms with Gasteiger partial charge in [0, 0.05) is 13.7 Å². The van der Waals surface area contributed by atoms with Crippen molar-refractivity contribution in [3.63, 3.8) is 0 Å². The predicted octanol–water partition coefficient (Wildman–Crippen LogP) is 0.561. The number of amides is 1. The van der Waals surface area contributed by atoms with Crippen molar-refractivity contribution in [3.05, 3.63) is 29.8 Å². The Balaban J connectivity index is 2.11. The van der Waals surface area contributed by atoms with E-state index in [-0.39, 0.29) is 18.0 Å². The van der Waals surface area contributed by atoms with Gasteiger partial charge in [-0.25, -0.2) is 9.48 Å². The Hall–Kier alpha value is -2.68. The van der Waals surface area contributed by atoms with E-state index in [0.29, 0.717) is 12.3 Å². The minimum Gasteiger partial charge on any atom is -0.477 e. The molecule has 1 amide bonds. The molecule has 0 saturated heterocycles. The van der Waals surface area contributed by atoms with Gasteiger partial charge in [0.15, 0.2) is 5.69 Å². The lowest BCUT2D eigenvalue weighted by Gasteiger charge is -2.02. The van der Waals surface area contributed by atoms with Crippen LogP contribution in [0.4, 0.5) is 5.69 Å². The first-order valence-corrected chi connectivity index (χ1v) is 6.19. The van der Waals surface area contributed by atoms with Crippen LogP contribution < -0.4 is 5.32 Å². The number of carboxylic acids is 1. The van der Waals surface area contributed by atoms with Crippen molar-refractivity contribution in [2.75, 3.05) is 11.9 Å². The molecular weight excluding hydrogens is 278 g/mol. The summed E-state index contributed by atoms with van der Waals surface area (Å²) in [5, 5.41) is 19.4. The maximum atomic E-state index is 12.1. The van der Waals surface area contributed by atoms with Gasteiger partial charge in [0.2, 0.25) is 0 Å². The number of ether oxygens (including phenoxy) is 1. The average molecular weight is 293 g/mol. The molecule has 0 spiro atoms. The van der Waals surface area contributed by atoms with E-state index >= 15 is 0 Å². The minimum atomic E-state index is -1.22. The average Bonchev–Trinajstić information content (AvgIpc) is 3.02. The van der Waals surface area contributed by atoms with Crippen molar-refractivity contribution in [2.24, 2.45) is 7.05 Å². The molecule has 9 heteroatoms. The normalized spacial score (nSPS) is 10.6. The zero-order valence-corrected chi connectivity index (χ0v) is 11.6. The summed E-state index contributed by atoms with van der Waals surface area (Å²) in [5.41, 5.74) is 0.261. The summed E-state index contributed by atoms with van der Waals surface area (Å²) in [7, 11) is 1.46. The van der Waals surface area contributed by atoms with E-state index < -0.39 is 11.9 Å². The number of nitrogens with zero attached hydrogens (tertiary/aromatic N) is 4. The Morgan fingerprint density at radius 3 is 2.81 bits per heavy atom. The monoisotopic (exact) mass is 293 g/mol. The Morgan fingerprint density at radius 2 is 2.14 bits per heavy atom. The quantitative estimate of drug-likeness (QED) is 0.805. The zero-order valence-electron chi connectivity index (χ0n) is 11.6.